The van der Waals surface area contributed by atoms with Gasteiger partial charge in [-0.1, -0.05) is 15.9 Å². The molecule has 0 aliphatic rings. The lowest BCUT2D eigenvalue weighted by atomic mass is 10.2. The second-order valence-corrected chi connectivity index (χ2v) is 5.80. The van der Waals surface area contributed by atoms with E-state index in [2.05, 4.69) is 36.8 Å². The molecule has 0 bridgehead atoms. The first kappa shape index (κ1) is 12.6. The van der Waals surface area contributed by atoms with Crippen LogP contribution in [0.4, 0.5) is 10.3 Å². The van der Waals surface area contributed by atoms with E-state index in [1.165, 1.54) is 12.1 Å². The standard InChI is InChI=1S/C13H8Br2FN3/c14-7-1-3-10-12(5-7)19(13(17)18-10)11-4-2-8(16)6-9(11)15/h1-6H,(H2,17,18). The predicted octanol–water partition coefficient (Wildman–Crippen LogP) is 4.27. The van der Waals surface area contributed by atoms with Crippen LogP contribution in [0.15, 0.2) is 45.3 Å². The van der Waals surface area contributed by atoms with Gasteiger partial charge in [0.2, 0.25) is 5.95 Å². The summed E-state index contributed by atoms with van der Waals surface area (Å²) in [6.07, 6.45) is 0. The fourth-order valence-corrected chi connectivity index (χ4v) is 2.86. The third-order valence-corrected chi connectivity index (χ3v) is 3.92. The van der Waals surface area contributed by atoms with Crippen LogP contribution in [0.25, 0.3) is 16.7 Å². The van der Waals surface area contributed by atoms with Crippen molar-refractivity contribution in [1.29, 1.82) is 0 Å². The van der Waals surface area contributed by atoms with Crippen molar-refractivity contribution in [3.05, 3.63) is 51.2 Å². The van der Waals surface area contributed by atoms with E-state index in [0.717, 1.165) is 21.2 Å². The third kappa shape index (κ3) is 2.15. The fourth-order valence-electron chi connectivity index (χ4n) is 1.98. The van der Waals surface area contributed by atoms with Crippen LogP contribution < -0.4 is 5.73 Å². The number of aromatic nitrogens is 2. The van der Waals surface area contributed by atoms with Crippen molar-refractivity contribution >= 4 is 48.8 Å². The van der Waals surface area contributed by atoms with Crippen LogP contribution in [0, 0.1) is 5.82 Å². The van der Waals surface area contributed by atoms with Crippen LogP contribution in [-0.2, 0) is 0 Å². The first-order valence-corrected chi connectivity index (χ1v) is 7.04. The predicted molar refractivity (Wildman–Crippen MR) is 80.8 cm³/mol. The molecule has 1 heterocycles. The van der Waals surface area contributed by atoms with Crippen molar-refractivity contribution in [2.75, 3.05) is 5.73 Å². The molecule has 2 N–H and O–H groups in total. The Balaban J connectivity index is 2.35. The van der Waals surface area contributed by atoms with Gasteiger partial charge in [-0.2, -0.15) is 0 Å². The second-order valence-electron chi connectivity index (χ2n) is 4.03. The van der Waals surface area contributed by atoms with Gasteiger partial charge in [0.1, 0.15) is 5.82 Å². The molecular weight excluding hydrogens is 377 g/mol. The van der Waals surface area contributed by atoms with E-state index < -0.39 is 0 Å². The van der Waals surface area contributed by atoms with E-state index in [1.54, 1.807) is 10.6 Å². The van der Waals surface area contributed by atoms with Crippen molar-refractivity contribution in [2.24, 2.45) is 0 Å². The van der Waals surface area contributed by atoms with Crippen molar-refractivity contribution in [3.63, 3.8) is 0 Å². The highest BCUT2D eigenvalue weighted by atomic mass is 79.9. The van der Waals surface area contributed by atoms with Crippen LogP contribution in [0.3, 0.4) is 0 Å². The van der Waals surface area contributed by atoms with Crippen LogP contribution in [0.1, 0.15) is 0 Å². The minimum absolute atomic E-state index is 0.306. The molecule has 3 rings (SSSR count). The van der Waals surface area contributed by atoms with Gasteiger partial charge in [0.15, 0.2) is 0 Å². The SMILES string of the molecule is Nc1nc2ccc(Br)cc2n1-c1ccc(F)cc1Br. The number of halogens is 3. The number of hydrogen-bond donors (Lipinski definition) is 1. The first-order valence-electron chi connectivity index (χ1n) is 5.45. The lowest BCUT2D eigenvalue weighted by Gasteiger charge is -2.09. The zero-order valence-electron chi connectivity index (χ0n) is 9.57. The van der Waals surface area contributed by atoms with E-state index in [4.69, 9.17) is 5.73 Å². The number of nitrogen functional groups attached to an aromatic ring is 1. The topological polar surface area (TPSA) is 43.8 Å². The summed E-state index contributed by atoms with van der Waals surface area (Å²) >= 11 is 6.78. The molecule has 96 valence electrons. The Hall–Kier alpha value is -1.40. The molecule has 6 heteroatoms. The summed E-state index contributed by atoms with van der Waals surface area (Å²) in [5.41, 5.74) is 8.36. The lowest BCUT2D eigenvalue weighted by Crippen LogP contribution is -2.01. The lowest BCUT2D eigenvalue weighted by molar-refractivity contribution is 0.626. The molecule has 0 aliphatic heterocycles. The minimum atomic E-state index is -0.306. The summed E-state index contributed by atoms with van der Waals surface area (Å²) in [5.74, 6) is 0.0557. The molecule has 0 radical (unpaired) electrons. The maximum atomic E-state index is 13.2. The summed E-state index contributed by atoms with van der Waals surface area (Å²) in [4.78, 5) is 4.30. The number of nitrogens with two attached hydrogens (primary N) is 1. The van der Waals surface area contributed by atoms with Gasteiger partial charge in [-0.3, -0.25) is 4.57 Å². The summed E-state index contributed by atoms with van der Waals surface area (Å²) < 4.78 is 16.5. The average Bonchev–Trinajstić information content (AvgIpc) is 2.65. The van der Waals surface area contributed by atoms with Gasteiger partial charge < -0.3 is 5.73 Å². The molecule has 0 fully saturated rings. The second kappa shape index (κ2) is 4.61. The summed E-state index contributed by atoms with van der Waals surface area (Å²) in [7, 11) is 0. The van der Waals surface area contributed by atoms with Crippen LogP contribution in [0.2, 0.25) is 0 Å². The summed E-state index contributed by atoms with van der Waals surface area (Å²) in [5, 5.41) is 0. The number of nitrogens with zero attached hydrogens (tertiary/aromatic N) is 2. The molecule has 2 aromatic carbocycles. The van der Waals surface area contributed by atoms with Crippen molar-refractivity contribution in [3.8, 4) is 5.69 Å². The molecule has 0 unspecified atom stereocenters. The molecule has 0 spiro atoms. The number of fused-ring (bicyclic) bond motifs is 1. The van der Waals surface area contributed by atoms with Gasteiger partial charge in [0, 0.05) is 8.95 Å². The fraction of sp³-hybridized carbons (Fsp3) is 0. The van der Waals surface area contributed by atoms with E-state index in [9.17, 15) is 4.39 Å². The number of rotatable bonds is 1. The largest absolute Gasteiger partial charge is 0.369 e. The van der Waals surface area contributed by atoms with Gasteiger partial charge in [-0.25, -0.2) is 9.37 Å². The quantitative estimate of drug-likeness (QED) is 0.680. The van der Waals surface area contributed by atoms with Crippen molar-refractivity contribution in [1.82, 2.24) is 9.55 Å². The Morgan fingerprint density at radius 2 is 1.89 bits per heavy atom. The molecule has 0 saturated carbocycles. The Morgan fingerprint density at radius 3 is 2.63 bits per heavy atom. The number of anilines is 1. The zero-order valence-corrected chi connectivity index (χ0v) is 12.7. The average molecular weight is 385 g/mol. The Morgan fingerprint density at radius 1 is 1.11 bits per heavy atom. The highest BCUT2D eigenvalue weighted by Crippen LogP contribution is 2.30. The van der Waals surface area contributed by atoms with Crippen LogP contribution in [0.5, 0.6) is 0 Å². The molecular formula is C13H8Br2FN3. The third-order valence-electron chi connectivity index (χ3n) is 2.79. The zero-order chi connectivity index (χ0) is 13.6. The number of hydrogen-bond acceptors (Lipinski definition) is 2. The Labute approximate surface area is 125 Å². The smallest absolute Gasteiger partial charge is 0.205 e. The van der Waals surface area contributed by atoms with E-state index in [1.807, 2.05) is 18.2 Å². The van der Waals surface area contributed by atoms with Crippen molar-refractivity contribution < 1.29 is 4.39 Å². The molecule has 0 atom stereocenters. The monoisotopic (exact) mass is 383 g/mol. The van der Waals surface area contributed by atoms with E-state index in [-0.39, 0.29) is 5.82 Å². The number of benzene rings is 2. The summed E-state index contributed by atoms with van der Waals surface area (Å²) in [6.45, 7) is 0. The van der Waals surface area contributed by atoms with Gasteiger partial charge in [-0.15, -0.1) is 0 Å². The molecule has 19 heavy (non-hydrogen) atoms. The van der Waals surface area contributed by atoms with E-state index >= 15 is 0 Å². The Kier molecular flexibility index (Phi) is 3.06. The minimum Gasteiger partial charge on any atom is -0.369 e. The van der Waals surface area contributed by atoms with Crippen LogP contribution >= 0.6 is 31.9 Å². The number of imidazole rings is 1. The highest BCUT2D eigenvalue weighted by molar-refractivity contribution is 9.10. The normalized spacial score (nSPS) is 11.1. The van der Waals surface area contributed by atoms with E-state index in [0.29, 0.717) is 10.4 Å². The first-order chi connectivity index (χ1) is 9.06. The van der Waals surface area contributed by atoms with Gasteiger partial charge in [0.25, 0.3) is 0 Å². The maximum Gasteiger partial charge on any atom is 0.205 e. The molecule has 1 aromatic heterocycles. The highest BCUT2D eigenvalue weighted by Gasteiger charge is 2.13. The molecule has 0 amide bonds. The summed E-state index contributed by atoms with van der Waals surface area (Å²) in [6, 6.07) is 10.2. The molecule has 0 aliphatic carbocycles. The van der Waals surface area contributed by atoms with Crippen molar-refractivity contribution in [2.45, 2.75) is 0 Å². The molecule has 3 aromatic rings. The Bertz CT molecular complexity index is 783. The molecule has 3 nitrogen and oxygen atoms in total. The van der Waals surface area contributed by atoms with Gasteiger partial charge >= 0.3 is 0 Å². The molecule has 0 saturated heterocycles. The van der Waals surface area contributed by atoms with Crippen LogP contribution in [-0.4, -0.2) is 9.55 Å². The maximum absolute atomic E-state index is 13.2. The van der Waals surface area contributed by atoms with Gasteiger partial charge in [-0.05, 0) is 52.3 Å². The van der Waals surface area contributed by atoms with Gasteiger partial charge in [0.05, 0.1) is 16.7 Å².